The van der Waals surface area contributed by atoms with Gasteiger partial charge < -0.3 is 15.2 Å². The van der Waals surface area contributed by atoms with Crippen LogP contribution in [0.25, 0.3) is 0 Å². The summed E-state index contributed by atoms with van der Waals surface area (Å²) in [7, 11) is 1.50. The number of methoxy groups -OCH3 is 1. The molecular weight excluding hydrogens is 254 g/mol. The Kier molecular flexibility index (Phi) is 3.78. The third-order valence-corrected chi connectivity index (χ3v) is 3.59. The normalized spacial score (nSPS) is 16.8. The van der Waals surface area contributed by atoms with E-state index in [-0.39, 0.29) is 12.5 Å². The monoisotopic (exact) mass is 269 g/mol. The van der Waals surface area contributed by atoms with Crippen molar-refractivity contribution >= 4 is 17.5 Å². The molecule has 0 radical (unpaired) electrons. The Morgan fingerprint density at radius 1 is 1.56 bits per heavy atom. The first-order valence-corrected chi connectivity index (χ1v) is 6.26. The van der Waals surface area contributed by atoms with Gasteiger partial charge in [-0.2, -0.15) is 0 Å². The van der Waals surface area contributed by atoms with E-state index in [1.165, 1.54) is 7.11 Å². The summed E-state index contributed by atoms with van der Waals surface area (Å²) in [5.41, 5.74) is -0.245. The van der Waals surface area contributed by atoms with Gasteiger partial charge in [-0.25, -0.2) is 0 Å². The van der Waals surface area contributed by atoms with E-state index in [4.69, 9.17) is 16.3 Å². The highest BCUT2D eigenvalue weighted by atomic mass is 35.5. The summed E-state index contributed by atoms with van der Waals surface area (Å²) in [5.74, 6) is 0.233. The molecule has 0 aromatic heterocycles. The van der Waals surface area contributed by atoms with E-state index in [1.807, 2.05) is 0 Å². The standard InChI is InChI=1S/C13H16ClNO3/c1-18-11-7-9(3-4-10(11)14)12(16)15-8-13(17)5-2-6-13/h3-4,7,17H,2,5-6,8H2,1H3,(H,15,16). The SMILES string of the molecule is COc1cc(C(=O)NCC2(O)CCC2)ccc1Cl. The van der Waals surface area contributed by atoms with Crippen molar-refractivity contribution in [3.05, 3.63) is 28.8 Å². The third-order valence-electron chi connectivity index (χ3n) is 3.28. The number of aliphatic hydroxyl groups is 1. The second-order valence-electron chi connectivity index (χ2n) is 4.61. The van der Waals surface area contributed by atoms with Crippen LogP contribution in [0.5, 0.6) is 5.75 Å². The Morgan fingerprint density at radius 2 is 2.28 bits per heavy atom. The molecule has 4 nitrogen and oxygen atoms in total. The van der Waals surface area contributed by atoms with Crippen LogP contribution in [0.15, 0.2) is 18.2 Å². The van der Waals surface area contributed by atoms with Gasteiger partial charge in [0.25, 0.3) is 5.91 Å². The highest BCUT2D eigenvalue weighted by Gasteiger charge is 2.34. The van der Waals surface area contributed by atoms with E-state index in [1.54, 1.807) is 18.2 Å². The fraction of sp³-hybridized carbons (Fsp3) is 0.462. The number of carbonyl (C=O) groups is 1. The van der Waals surface area contributed by atoms with Crippen LogP contribution in [-0.4, -0.2) is 30.3 Å². The smallest absolute Gasteiger partial charge is 0.251 e. The van der Waals surface area contributed by atoms with Crippen LogP contribution in [-0.2, 0) is 0 Å². The second kappa shape index (κ2) is 5.16. The first-order chi connectivity index (χ1) is 8.54. The Balaban J connectivity index is 2.00. The second-order valence-corrected chi connectivity index (χ2v) is 5.02. The van der Waals surface area contributed by atoms with Crippen molar-refractivity contribution < 1.29 is 14.6 Å². The number of ether oxygens (including phenoxy) is 1. The van der Waals surface area contributed by atoms with E-state index in [2.05, 4.69) is 5.32 Å². The molecule has 1 amide bonds. The molecule has 0 unspecified atom stereocenters. The topological polar surface area (TPSA) is 58.6 Å². The van der Waals surface area contributed by atoms with E-state index in [0.717, 1.165) is 19.3 Å². The van der Waals surface area contributed by atoms with Crippen molar-refractivity contribution in [3.8, 4) is 5.75 Å². The molecule has 1 saturated carbocycles. The highest BCUT2D eigenvalue weighted by molar-refractivity contribution is 6.32. The molecule has 0 bridgehead atoms. The lowest BCUT2D eigenvalue weighted by atomic mass is 9.80. The fourth-order valence-electron chi connectivity index (χ4n) is 1.91. The van der Waals surface area contributed by atoms with Gasteiger partial charge in [-0.15, -0.1) is 0 Å². The maximum absolute atomic E-state index is 11.9. The van der Waals surface area contributed by atoms with Crippen molar-refractivity contribution in [1.29, 1.82) is 0 Å². The zero-order valence-corrected chi connectivity index (χ0v) is 11.0. The summed E-state index contributed by atoms with van der Waals surface area (Å²) in [4.78, 5) is 11.9. The summed E-state index contributed by atoms with van der Waals surface area (Å²) in [6, 6.07) is 4.83. The van der Waals surface area contributed by atoms with Crippen molar-refractivity contribution in [1.82, 2.24) is 5.32 Å². The molecule has 2 rings (SSSR count). The van der Waals surface area contributed by atoms with Gasteiger partial charge in [0.05, 0.1) is 17.7 Å². The van der Waals surface area contributed by atoms with Crippen LogP contribution < -0.4 is 10.1 Å². The first-order valence-electron chi connectivity index (χ1n) is 5.88. The van der Waals surface area contributed by atoms with Crippen LogP contribution in [0.2, 0.25) is 5.02 Å². The van der Waals surface area contributed by atoms with E-state index in [0.29, 0.717) is 16.3 Å². The summed E-state index contributed by atoms with van der Waals surface area (Å²) < 4.78 is 5.05. The van der Waals surface area contributed by atoms with Crippen molar-refractivity contribution in [2.45, 2.75) is 24.9 Å². The van der Waals surface area contributed by atoms with Gasteiger partial charge in [0.2, 0.25) is 0 Å². The van der Waals surface area contributed by atoms with Crippen molar-refractivity contribution in [2.24, 2.45) is 0 Å². The van der Waals surface area contributed by atoms with Crippen LogP contribution in [0.1, 0.15) is 29.6 Å². The molecule has 2 N–H and O–H groups in total. The summed E-state index contributed by atoms with van der Waals surface area (Å²) >= 11 is 5.89. The van der Waals surface area contributed by atoms with Crippen LogP contribution in [0.4, 0.5) is 0 Å². The predicted octanol–water partition coefficient (Wildman–Crippen LogP) is 1.99. The van der Waals surface area contributed by atoms with Gasteiger partial charge >= 0.3 is 0 Å². The van der Waals surface area contributed by atoms with Gasteiger partial charge in [0.1, 0.15) is 5.75 Å². The molecule has 1 aromatic rings. The maximum atomic E-state index is 11.9. The molecule has 0 saturated heterocycles. The van der Waals surface area contributed by atoms with Gasteiger partial charge in [-0.05, 0) is 37.5 Å². The quantitative estimate of drug-likeness (QED) is 0.879. The lowest BCUT2D eigenvalue weighted by Crippen LogP contribution is -2.47. The number of halogens is 1. The molecule has 1 aliphatic rings. The molecule has 18 heavy (non-hydrogen) atoms. The molecule has 5 heteroatoms. The third kappa shape index (κ3) is 2.76. The number of hydrogen-bond acceptors (Lipinski definition) is 3. The van der Waals surface area contributed by atoms with E-state index in [9.17, 15) is 9.90 Å². The molecule has 0 spiro atoms. The minimum atomic E-state index is -0.716. The molecule has 98 valence electrons. The molecule has 1 aromatic carbocycles. The minimum Gasteiger partial charge on any atom is -0.495 e. The molecule has 1 fully saturated rings. The summed E-state index contributed by atoms with van der Waals surface area (Å²) in [6.45, 7) is 0.288. The average molecular weight is 270 g/mol. The van der Waals surface area contributed by atoms with E-state index >= 15 is 0 Å². The molecule has 0 aliphatic heterocycles. The van der Waals surface area contributed by atoms with E-state index < -0.39 is 5.60 Å². The van der Waals surface area contributed by atoms with Crippen LogP contribution in [0, 0.1) is 0 Å². The fourth-order valence-corrected chi connectivity index (χ4v) is 2.10. The Labute approximate surface area is 111 Å². The lowest BCUT2D eigenvalue weighted by Gasteiger charge is -2.36. The molecule has 0 heterocycles. The van der Waals surface area contributed by atoms with Gasteiger partial charge in [0, 0.05) is 12.1 Å². The number of amides is 1. The van der Waals surface area contributed by atoms with Gasteiger partial charge in [0.15, 0.2) is 0 Å². The number of hydrogen-bond donors (Lipinski definition) is 2. The van der Waals surface area contributed by atoms with Gasteiger partial charge in [-0.1, -0.05) is 11.6 Å². The zero-order valence-electron chi connectivity index (χ0n) is 10.2. The Morgan fingerprint density at radius 3 is 2.83 bits per heavy atom. The summed E-state index contributed by atoms with van der Waals surface area (Å²) in [5, 5.41) is 13.1. The van der Waals surface area contributed by atoms with Crippen molar-refractivity contribution in [2.75, 3.05) is 13.7 Å². The Hall–Kier alpha value is -1.26. The number of nitrogens with one attached hydrogen (secondary N) is 1. The number of benzene rings is 1. The highest BCUT2D eigenvalue weighted by Crippen LogP contribution is 2.30. The number of carbonyl (C=O) groups excluding carboxylic acids is 1. The number of rotatable bonds is 4. The van der Waals surface area contributed by atoms with Crippen molar-refractivity contribution in [3.63, 3.8) is 0 Å². The molecule has 1 aliphatic carbocycles. The lowest BCUT2D eigenvalue weighted by molar-refractivity contribution is -0.0300. The minimum absolute atomic E-state index is 0.231. The molecular formula is C13H16ClNO3. The first kappa shape index (κ1) is 13.2. The average Bonchev–Trinajstić information content (AvgIpc) is 2.34. The van der Waals surface area contributed by atoms with Gasteiger partial charge in [-0.3, -0.25) is 4.79 Å². The van der Waals surface area contributed by atoms with Crippen LogP contribution >= 0.6 is 11.6 Å². The van der Waals surface area contributed by atoms with Crippen LogP contribution in [0.3, 0.4) is 0 Å². The maximum Gasteiger partial charge on any atom is 0.251 e. The zero-order chi connectivity index (χ0) is 13.2. The predicted molar refractivity (Wildman–Crippen MR) is 69.1 cm³/mol. The largest absolute Gasteiger partial charge is 0.495 e. The summed E-state index contributed by atoms with van der Waals surface area (Å²) in [6.07, 6.45) is 2.51. The Bertz CT molecular complexity index is 458. The molecule has 0 atom stereocenters.